The fourth-order valence-electron chi connectivity index (χ4n) is 2.29. The number of ether oxygens (including phenoxy) is 1. The highest BCUT2D eigenvalue weighted by Crippen LogP contribution is 2.27. The van der Waals surface area contributed by atoms with Crippen molar-refractivity contribution in [3.63, 3.8) is 0 Å². The van der Waals surface area contributed by atoms with Crippen LogP contribution in [0.5, 0.6) is 11.6 Å². The highest BCUT2D eigenvalue weighted by molar-refractivity contribution is 14.0. The zero-order valence-electron chi connectivity index (χ0n) is 14.7. The summed E-state index contributed by atoms with van der Waals surface area (Å²) in [6, 6.07) is 9.67. The number of benzene rings is 1. The molecule has 1 saturated carbocycles. The summed E-state index contributed by atoms with van der Waals surface area (Å²) in [5.41, 5.74) is 0.982. The van der Waals surface area contributed by atoms with Gasteiger partial charge >= 0.3 is 0 Å². The Morgan fingerprint density at radius 3 is 2.77 bits per heavy atom. The third-order valence-corrected chi connectivity index (χ3v) is 3.84. The molecule has 1 aliphatic rings. The maximum absolute atomic E-state index is 13.2. The van der Waals surface area contributed by atoms with Gasteiger partial charge < -0.3 is 15.4 Å². The molecular weight excluding hydrogens is 446 g/mol. The Morgan fingerprint density at radius 2 is 2.12 bits per heavy atom. The van der Waals surface area contributed by atoms with Crippen molar-refractivity contribution in [2.24, 2.45) is 10.9 Å². The Morgan fingerprint density at radius 1 is 1.27 bits per heavy atom. The summed E-state index contributed by atoms with van der Waals surface area (Å²) in [6.45, 7) is 4.39. The summed E-state index contributed by atoms with van der Waals surface area (Å²) in [7, 11) is 0. The van der Waals surface area contributed by atoms with E-state index in [1.165, 1.54) is 25.0 Å². The number of nitrogens with zero attached hydrogens (tertiary/aromatic N) is 2. The second-order valence-corrected chi connectivity index (χ2v) is 6.08. The van der Waals surface area contributed by atoms with Gasteiger partial charge in [-0.15, -0.1) is 24.0 Å². The van der Waals surface area contributed by atoms with E-state index in [2.05, 4.69) is 27.5 Å². The largest absolute Gasteiger partial charge is 0.439 e. The zero-order valence-corrected chi connectivity index (χ0v) is 17.1. The molecule has 26 heavy (non-hydrogen) atoms. The molecule has 0 amide bonds. The van der Waals surface area contributed by atoms with Crippen molar-refractivity contribution >= 4 is 29.9 Å². The predicted molar refractivity (Wildman–Crippen MR) is 112 cm³/mol. The van der Waals surface area contributed by atoms with Gasteiger partial charge in [-0.1, -0.05) is 12.1 Å². The molecule has 0 radical (unpaired) electrons. The standard InChI is InChI=1S/C19H23FN4O.HI/c1-2-21-19(23-11-14-6-7-14)24-13-15-8-9-18(22-12-15)25-17-5-3-4-16(20)10-17;/h3-5,8-10,12,14H,2,6-7,11,13H2,1H3,(H2,21,23,24);1H. The van der Waals surface area contributed by atoms with Crippen molar-refractivity contribution in [1.82, 2.24) is 15.6 Å². The van der Waals surface area contributed by atoms with Gasteiger partial charge in [0, 0.05) is 31.4 Å². The molecule has 7 heteroatoms. The molecule has 1 heterocycles. The molecule has 0 spiro atoms. The van der Waals surface area contributed by atoms with Crippen molar-refractivity contribution in [2.45, 2.75) is 26.3 Å². The van der Waals surface area contributed by atoms with Gasteiger partial charge in [-0.3, -0.25) is 0 Å². The first-order valence-electron chi connectivity index (χ1n) is 8.63. The molecule has 0 atom stereocenters. The van der Waals surface area contributed by atoms with E-state index in [0.717, 1.165) is 30.5 Å². The quantitative estimate of drug-likeness (QED) is 0.364. The lowest BCUT2D eigenvalue weighted by molar-refractivity contribution is 0.457. The van der Waals surface area contributed by atoms with E-state index in [9.17, 15) is 4.39 Å². The van der Waals surface area contributed by atoms with Gasteiger partial charge in [0.1, 0.15) is 11.6 Å². The topological polar surface area (TPSA) is 58.5 Å². The number of nitrogens with one attached hydrogen (secondary N) is 2. The van der Waals surface area contributed by atoms with Crippen LogP contribution in [0.2, 0.25) is 0 Å². The van der Waals surface area contributed by atoms with Gasteiger partial charge in [-0.25, -0.2) is 14.4 Å². The highest BCUT2D eigenvalue weighted by Gasteiger charge is 2.20. The van der Waals surface area contributed by atoms with E-state index in [0.29, 0.717) is 18.2 Å². The smallest absolute Gasteiger partial charge is 0.219 e. The van der Waals surface area contributed by atoms with Gasteiger partial charge in [0.15, 0.2) is 5.96 Å². The second-order valence-electron chi connectivity index (χ2n) is 6.08. The molecule has 3 rings (SSSR count). The third kappa shape index (κ3) is 6.78. The van der Waals surface area contributed by atoms with Crippen LogP contribution in [0.15, 0.2) is 47.6 Å². The number of aromatic nitrogens is 1. The molecule has 1 fully saturated rings. The number of hydrogen-bond acceptors (Lipinski definition) is 3. The van der Waals surface area contributed by atoms with Crippen LogP contribution in [-0.4, -0.2) is 24.0 Å². The maximum atomic E-state index is 13.2. The summed E-state index contributed by atoms with van der Waals surface area (Å²) < 4.78 is 18.7. The average Bonchev–Trinajstić information content (AvgIpc) is 3.43. The van der Waals surface area contributed by atoms with Crippen molar-refractivity contribution in [1.29, 1.82) is 0 Å². The third-order valence-electron chi connectivity index (χ3n) is 3.84. The van der Waals surface area contributed by atoms with Crippen LogP contribution in [0.4, 0.5) is 4.39 Å². The summed E-state index contributed by atoms with van der Waals surface area (Å²) >= 11 is 0. The minimum absolute atomic E-state index is 0. The van der Waals surface area contributed by atoms with Crippen LogP contribution in [0.1, 0.15) is 25.3 Å². The molecule has 0 bridgehead atoms. The molecular formula is C19H24FIN4O. The van der Waals surface area contributed by atoms with Crippen LogP contribution < -0.4 is 15.4 Å². The molecule has 2 N–H and O–H groups in total. The van der Waals surface area contributed by atoms with E-state index >= 15 is 0 Å². The number of hydrogen-bond donors (Lipinski definition) is 2. The molecule has 1 aromatic carbocycles. The molecule has 5 nitrogen and oxygen atoms in total. The number of aliphatic imine (C=N–C) groups is 1. The van der Waals surface area contributed by atoms with E-state index in [1.807, 2.05) is 6.07 Å². The number of halogens is 2. The Labute approximate surface area is 170 Å². The Hall–Kier alpha value is -1.90. The normalized spacial score (nSPS) is 13.7. The first-order chi connectivity index (χ1) is 12.2. The molecule has 2 aromatic rings. The monoisotopic (exact) mass is 470 g/mol. The molecule has 0 aliphatic heterocycles. The van der Waals surface area contributed by atoms with Gasteiger partial charge in [-0.2, -0.15) is 0 Å². The van der Waals surface area contributed by atoms with Gasteiger partial charge in [0.05, 0.1) is 6.54 Å². The van der Waals surface area contributed by atoms with Crippen molar-refractivity contribution in [2.75, 3.05) is 13.1 Å². The average molecular weight is 470 g/mol. The van der Waals surface area contributed by atoms with Gasteiger partial charge in [0.25, 0.3) is 0 Å². The summed E-state index contributed by atoms with van der Waals surface area (Å²) in [6.07, 6.45) is 4.34. The van der Waals surface area contributed by atoms with Gasteiger partial charge in [-0.05, 0) is 43.4 Å². The van der Waals surface area contributed by atoms with Crippen LogP contribution >= 0.6 is 24.0 Å². The molecule has 0 unspecified atom stereocenters. The van der Waals surface area contributed by atoms with Crippen LogP contribution in [0.25, 0.3) is 0 Å². The Bertz CT molecular complexity index is 720. The first kappa shape index (κ1) is 20.4. The van der Waals surface area contributed by atoms with Crippen LogP contribution in [-0.2, 0) is 6.54 Å². The van der Waals surface area contributed by atoms with Gasteiger partial charge in [0.2, 0.25) is 5.88 Å². The Kier molecular flexibility index (Phi) is 8.08. The maximum Gasteiger partial charge on any atom is 0.219 e. The highest BCUT2D eigenvalue weighted by atomic mass is 127. The number of rotatable bonds is 7. The fourth-order valence-corrected chi connectivity index (χ4v) is 2.29. The SMILES string of the molecule is CCNC(=NCc1ccc(Oc2cccc(F)c2)nc1)NCC1CC1.I. The van der Waals surface area contributed by atoms with Crippen molar-refractivity contribution in [3.05, 3.63) is 54.0 Å². The lowest BCUT2D eigenvalue weighted by Gasteiger charge is -2.10. The van der Waals surface area contributed by atoms with Crippen molar-refractivity contribution < 1.29 is 9.13 Å². The first-order valence-corrected chi connectivity index (χ1v) is 8.63. The lowest BCUT2D eigenvalue weighted by Crippen LogP contribution is -2.38. The van der Waals surface area contributed by atoms with E-state index in [1.54, 1.807) is 24.4 Å². The molecule has 0 saturated heterocycles. The zero-order chi connectivity index (χ0) is 17.5. The van der Waals surface area contributed by atoms with E-state index in [-0.39, 0.29) is 29.8 Å². The fraction of sp³-hybridized carbons (Fsp3) is 0.368. The van der Waals surface area contributed by atoms with E-state index < -0.39 is 0 Å². The summed E-state index contributed by atoms with van der Waals surface area (Å²) in [5, 5.41) is 6.60. The lowest BCUT2D eigenvalue weighted by atomic mass is 10.3. The Balaban J connectivity index is 0.00000243. The van der Waals surface area contributed by atoms with Crippen molar-refractivity contribution in [3.8, 4) is 11.6 Å². The summed E-state index contributed by atoms with van der Waals surface area (Å²) in [4.78, 5) is 8.83. The number of guanidine groups is 1. The van der Waals surface area contributed by atoms with Crippen LogP contribution in [0, 0.1) is 11.7 Å². The van der Waals surface area contributed by atoms with E-state index in [4.69, 9.17) is 4.74 Å². The molecule has 1 aliphatic carbocycles. The summed E-state index contributed by atoms with van der Waals surface area (Å²) in [5.74, 6) is 2.14. The predicted octanol–water partition coefficient (Wildman–Crippen LogP) is 4.10. The molecule has 1 aromatic heterocycles. The number of pyridine rings is 1. The molecule has 140 valence electrons. The minimum Gasteiger partial charge on any atom is -0.439 e. The second kappa shape index (κ2) is 10.3. The minimum atomic E-state index is -0.335. The van der Waals surface area contributed by atoms with Crippen LogP contribution in [0.3, 0.4) is 0 Å².